The molecule has 0 bridgehead atoms. The Hall–Kier alpha value is -2.05. The van der Waals surface area contributed by atoms with Crippen molar-refractivity contribution in [2.75, 3.05) is 6.79 Å². The molecule has 0 radical (unpaired) electrons. The lowest BCUT2D eigenvalue weighted by atomic mass is 10.1. The zero-order valence-corrected chi connectivity index (χ0v) is 12.1. The summed E-state index contributed by atoms with van der Waals surface area (Å²) < 4.78 is 35.5. The predicted molar refractivity (Wildman–Crippen MR) is 75.1 cm³/mol. The Morgan fingerprint density at radius 1 is 1.00 bits per heavy atom. The molecule has 0 spiro atoms. The Labute approximate surface area is 122 Å². The van der Waals surface area contributed by atoms with Gasteiger partial charge in [-0.25, -0.2) is 8.42 Å². The van der Waals surface area contributed by atoms with Crippen LogP contribution in [0.3, 0.4) is 0 Å². The summed E-state index contributed by atoms with van der Waals surface area (Å²) in [5, 5.41) is 9.46. The maximum absolute atomic E-state index is 12.6. The highest BCUT2D eigenvalue weighted by Gasteiger charge is 2.22. The van der Waals surface area contributed by atoms with Gasteiger partial charge in [0.15, 0.2) is 11.5 Å². The van der Waals surface area contributed by atoms with E-state index in [4.69, 9.17) is 9.47 Å². The van der Waals surface area contributed by atoms with Gasteiger partial charge in [-0.05, 0) is 36.8 Å². The van der Waals surface area contributed by atoms with E-state index >= 15 is 0 Å². The molecule has 0 aliphatic carbocycles. The van der Waals surface area contributed by atoms with Gasteiger partial charge >= 0.3 is 0 Å². The van der Waals surface area contributed by atoms with E-state index < -0.39 is 15.9 Å². The molecule has 0 aromatic heterocycles. The van der Waals surface area contributed by atoms with Crippen molar-refractivity contribution in [2.24, 2.45) is 0 Å². The molecule has 6 heteroatoms. The molecule has 1 heterocycles. The zero-order chi connectivity index (χ0) is 15.0. The van der Waals surface area contributed by atoms with Crippen molar-refractivity contribution in [3.63, 3.8) is 0 Å². The second-order valence-electron chi connectivity index (χ2n) is 4.76. The van der Waals surface area contributed by atoms with E-state index in [2.05, 4.69) is 0 Å². The molecule has 2 aromatic rings. The topological polar surface area (TPSA) is 72.8 Å². The molecule has 5 nitrogen and oxygen atoms in total. The molecule has 1 aliphatic rings. The maximum atomic E-state index is 12.6. The van der Waals surface area contributed by atoms with Crippen molar-refractivity contribution in [1.29, 1.82) is 0 Å². The Bertz CT molecular complexity index is 763. The molecule has 1 N–H and O–H groups in total. The summed E-state index contributed by atoms with van der Waals surface area (Å²) in [6.07, 6.45) is -0.632. The third-order valence-electron chi connectivity index (χ3n) is 3.33. The Balaban J connectivity index is 2.00. The van der Waals surface area contributed by atoms with E-state index in [1.54, 1.807) is 25.1 Å². The van der Waals surface area contributed by atoms with Gasteiger partial charge in [-0.2, -0.15) is 0 Å². The molecular weight excluding hydrogens is 292 g/mol. The van der Waals surface area contributed by atoms with Crippen LogP contribution in [0, 0.1) is 0 Å². The number of aliphatic hydroxyl groups excluding tert-OH is 1. The summed E-state index contributed by atoms with van der Waals surface area (Å²) in [7, 11) is -3.62. The van der Waals surface area contributed by atoms with Crippen LogP contribution in [0.25, 0.3) is 0 Å². The van der Waals surface area contributed by atoms with Crippen LogP contribution >= 0.6 is 0 Å². The summed E-state index contributed by atoms with van der Waals surface area (Å²) in [6, 6.07) is 10.7. The monoisotopic (exact) mass is 306 g/mol. The highest BCUT2D eigenvalue weighted by atomic mass is 32.2. The second-order valence-corrected chi connectivity index (χ2v) is 6.71. The molecule has 0 fully saturated rings. The van der Waals surface area contributed by atoms with Crippen LogP contribution in [0.15, 0.2) is 52.3 Å². The van der Waals surface area contributed by atoms with Crippen LogP contribution in [-0.2, 0) is 9.84 Å². The molecule has 0 saturated carbocycles. The molecular formula is C15H14O5S. The molecule has 21 heavy (non-hydrogen) atoms. The Kier molecular flexibility index (Phi) is 3.35. The smallest absolute Gasteiger partial charge is 0.231 e. The number of hydrogen-bond acceptors (Lipinski definition) is 5. The SMILES string of the molecule is C[C@@H](O)c1ccc(S(=O)(=O)c2ccc3c(c2)OCO3)cc1. The first-order valence-electron chi connectivity index (χ1n) is 6.41. The normalized spacial score (nSPS) is 15.0. The van der Waals surface area contributed by atoms with Crippen molar-refractivity contribution < 1.29 is 23.0 Å². The Morgan fingerprint density at radius 3 is 2.29 bits per heavy atom. The fourth-order valence-electron chi connectivity index (χ4n) is 2.11. The minimum absolute atomic E-state index is 0.0991. The van der Waals surface area contributed by atoms with Gasteiger partial charge in [-0.3, -0.25) is 0 Å². The van der Waals surface area contributed by atoms with E-state index in [1.165, 1.54) is 24.3 Å². The van der Waals surface area contributed by atoms with E-state index in [9.17, 15) is 13.5 Å². The summed E-state index contributed by atoms with van der Waals surface area (Å²) in [5.74, 6) is 0.968. The molecule has 2 aromatic carbocycles. The third kappa shape index (κ3) is 2.48. The van der Waals surface area contributed by atoms with Gasteiger partial charge in [0.05, 0.1) is 15.9 Å². The number of rotatable bonds is 3. The van der Waals surface area contributed by atoms with Gasteiger partial charge < -0.3 is 14.6 Å². The van der Waals surface area contributed by atoms with Crippen LogP contribution in [0.4, 0.5) is 0 Å². The molecule has 1 aliphatic heterocycles. The summed E-state index contributed by atoms with van der Waals surface area (Å²) >= 11 is 0. The fourth-order valence-corrected chi connectivity index (χ4v) is 3.38. The second kappa shape index (κ2) is 5.05. The van der Waals surface area contributed by atoms with Crippen molar-refractivity contribution in [3.05, 3.63) is 48.0 Å². The van der Waals surface area contributed by atoms with E-state index in [1.807, 2.05) is 0 Å². The van der Waals surface area contributed by atoms with E-state index in [0.717, 1.165) is 0 Å². The number of benzene rings is 2. The number of aliphatic hydroxyl groups is 1. The van der Waals surface area contributed by atoms with E-state index in [-0.39, 0.29) is 16.6 Å². The van der Waals surface area contributed by atoms with Crippen LogP contribution in [0.2, 0.25) is 0 Å². The molecule has 110 valence electrons. The summed E-state index contributed by atoms with van der Waals surface area (Å²) in [5.41, 5.74) is 0.666. The van der Waals surface area contributed by atoms with Crippen molar-refractivity contribution in [1.82, 2.24) is 0 Å². The summed E-state index contributed by atoms with van der Waals surface area (Å²) in [4.78, 5) is 0.322. The van der Waals surface area contributed by atoms with Gasteiger partial charge in [0, 0.05) is 6.07 Å². The first kappa shape index (κ1) is 13.9. The molecule has 0 amide bonds. The van der Waals surface area contributed by atoms with Gasteiger partial charge in [-0.15, -0.1) is 0 Å². The summed E-state index contributed by atoms with van der Waals surface area (Å²) in [6.45, 7) is 1.73. The maximum Gasteiger partial charge on any atom is 0.231 e. The molecule has 0 unspecified atom stereocenters. The average Bonchev–Trinajstić information content (AvgIpc) is 2.94. The highest BCUT2D eigenvalue weighted by molar-refractivity contribution is 7.91. The van der Waals surface area contributed by atoms with Crippen LogP contribution in [-0.4, -0.2) is 20.3 Å². The van der Waals surface area contributed by atoms with E-state index in [0.29, 0.717) is 17.1 Å². The van der Waals surface area contributed by atoms with Crippen molar-refractivity contribution in [3.8, 4) is 11.5 Å². The standard InChI is InChI=1S/C15H14O5S/c1-10(16)11-2-4-12(5-3-11)21(17,18)13-6-7-14-15(8-13)20-9-19-14/h2-8,10,16H,9H2,1H3/t10-/m1/s1. The zero-order valence-electron chi connectivity index (χ0n) is 11.3. The average molecular weight is 306 g/mol. The molecule has 0 saturated heterocycles. The van der Waals surface area contributed by atoms with Crippen LogP contribution < -0.4 is 9.47 Å². The van der Waals surface area contributed by atoms with Crippen LogP contribution in [0.5, 0.6) is 11.5 Å². The van der Waals surface area contributed by atoms with Gasteiger partial charge in [-0.1, -0.05) is 12.1 Å². The van der Waals surface area contributed by atoms with Crippen LogP contribution in [0.1, 0.15) is 18.6 Å². The number of sulfone groups is 1. The minimum Gasteiger partial charge on any atom is -0.454 e. The van der Waals surface area contributed by atoms with Crippen molar-refractivity contribution in [2.45, 2.75) is 22.8 Å². The lowest BCUT2D eigenvalue weighted by Gasteiger charge is -2.08. The third-order valence-corrected chi connectivity index (χ3v) is 5.09. The predicted octanol–water partition coefficient (Wildman–Crippen LogP) is 2.30. The lowest BCUT2D eigenvalue weighted by molar-refractivity contribution is 0.174. The number of fused-ring (bicyclic) bond motifs is 1. The molecule has 3 rings (SSSR count). The Morgan fingerprint density at radius 2 is 1.62 bits per heavy atom. The minimum atomic E-state index is -3.62. The van der Waals surface area contributed by atoms with Gasteiger partial charge in [0.2, 0.25) is 16.6 Å². The fraction of sp³-hybridized carbons (Fsp3) is 0.200. The largest absolute Gasteiger partial charge is 0.454 e. The first-order chi connectivity index (χ1) is 9.98. The quantitative estimate of drug-likeness (QED) is 0.942. The van der Waals surface area contributed by atoms with Gasteiger partial charge in [0.25, 0.3) is 0 Å². The number of ether oxygens (including phenoxy) is 2. The molecule has 1 atom stereocenters. The first-order valence-corrected chi connectivity index (χ1v) is 7.89. The lowest BCUT2D eigenvalue weighted by Crippen LogP contribution is -2.02. The van der Waals surface area contributed by atoms with Crippen molar-refractivity contribution >= 4 is 9.84 Å². The highest BCUT2D eigenvalue weighted by Crippen LogP contribution is 2.35. The number of hydrogen-bond donors (Lipinski definition) is 1. The van der Waals surface area contributed by atoms with Gasteiger partial charge in [0.1, 0.15) is 0 Å².